The molecule has 4 heteroatoms. The predicted octanol–water partition coefficient (Wildman–Crippen LogP) is 0.762. The Kier molecular flexibility index (Phi) is 4.31. The Hall–Kier alpha value is -0.160. The maximum atomic E-state index is 5.53. The maximum Gasteiger partial charge on any atom is 0.162 e. The zero-order valence-electron chi connectivity index (χ0n) is 9.50. The van der Waals surface area contributed by atoms with E-state index in [9.17, 15) is 0 Å². The van der Waals surface area contributed by atoms with Gasteiger partial charge in [0.05, 0.1) is 25.9 Å². The van der Waals surface area contributed by atoms with Gasteiger partial charge in [-0.05, 0) is 20.8 Å². The third-order valence-electron chi connectivity index (χ3n) is 2.20. The molecule has 1 heterocycles. The van der Waals surface area contributed by atoms with Gasteiger partial charge in [-0.2, -0.15) is 0 Å². The molecule has 0 aliphatic carbocycles. The highest BCUT2D eigenvalue weighted by Gasteiger charge is 2.28. The second-order valence-electron chi connectivity index (χ2n) is 4.24. The van der Waals surface area contributed by atoms with E-state index in [0.717, 1.165) is 0 Å². The standard InChI is InChI=1S/C10H21NO3/c1-8(5-12-4)11-9-6-13-10(2,3)14-7-9/h8-9,11H,5-7H2,1-4H3. The molecule has 84 valence electrons. The van der Waals surface area contributed by atoms with Crippen LogP contribution in [0.4, 0.5) is 0 Å². The van der Waals surface area contributed by atoms with E-state index in [-0.39, 0.29) is 6.04 Å². The molecule has 0 radical (unpaired) electrons. The van der Waals surface area contributed by atoms with E-state index in [1.165, 1.54) is 0 Å². The van der Waals surface area contributed by atoms with Crippen molar-refractivity contribution in [3.05, 3.63) is 0 Å². The summed E-state index contributed by atoms with van der Waals surface area (Å²) in [5, 5.41) is 3.38. The molecular weight excluding hydrogens is 182 g/mol. The van der Waals surface area contributed by atoms with E-state index in [0.29, 0.717) is 25.9 Å². The molecule has 1 atom stereocenters. The maximum absolute atomic E-state index is 5.53. The molecule has 0 aromatic carbocycles. The quantitative estimate of drug-likeness (QED) is 0.732. The molecule has 1 aliphatic rings. The molecule has 4 nitrogen and oxygen atoms in total. The van der Waals surface area contributed by atoms with Gasteiger partial charge >= 0.3 is 0 Å². The zero-order chi connectivity index (χ0) is 10.6. The molecule has 1 fully saturated rings. The lowest BCUT2D eigenvalue weighted by Crippen LogP contribution is -2.51. The zero-order valence-corrected chi connectivity index (χ0v) is 9.50. The first-order valence-electron chi connectivity index (χ1n) is 5.06. The van der Waals surface area contributed by atoms with Gasteiger partial charge < -0.3 is 19.5 Å². The summed E-state index contributed by atoms with van der Waals surface area (Å²) < 4.78 is 16.1. The van der Waals surface area contributed by atoms with Crippen molar-refractivity contribution in [1.29, 1.82) is 0 Å². The molecule has 0 saturated carbocycles. The van der Waals surface area contributed by atoms with Crippen LogP contribution in [-0.2, 0) is 14.2 Å². The first-order valence-corrected chi connectivity index (χ1v) is 5.06. The molecule has 1 rings (SSSR count). The summed E-state index contributed by atoms with van der Waals surface area (Å²) in [6.07, 6.45) is 0. The molecule has 1 unspecified atom stereocenters. The minimum Gasteiger partial charge on any atom is -0.383 e. The van der Waals surface area contributed by atoms with Crippen LogP contribution >= 0.6 is 0 Å². The van der Waals surface area contributed by atoms with Crippen molar-refractivity contribution in [2.45, 2.75) is 38.6 Å². The first kappa shape index (κ1) is 11.9. The van der Waals surface area contributed by atoms with Gasteiger partial charge in [0.15, 0.2) is 5.79 Å². The highest BCUT2D eigenvalue weighted by molar-refractivity contribution is 4.75. The summed E-state index contributed by atoms with van der Waals surface area (Å²) in [5.74, 6) is -0.428. The lowest BCUT2D eigenvalue weighted by molar-refractivity contribution is -0.253. The van der Waals surface area contributed by atoms with Gasteiger partial charge in [-0.15, -0.1) is 0 Å². The van der Waals surface area contributed by atoms with E-state index in [4.69, 9.17) is 14.2 Å². The normalized spacial score (nSPS) is 24.9. The minimum absolute atomic E-state index is 0.271. The molecule has 14 heavy (non-hydrogen) atoms. The highest BCUT2D eigenvalue weighted by atomic mass is 16.7. The molecular formula is C10H21NO3. The molecule has 1 N–H and O–H groups in total. The Morgan fingerprint density at radius 1 is 1.43 bits per heavy atom. The Morgan fingerprint density at radius 2 is 2.00 bits per heavy atom. The number of hydrogen-bond acceptors (Lipinski definition) is 4. The molecule has 0 spiro atoms. The number of hydrogen-bond donors (Lipinski definition) is 1. The fourth-order valence-corrected chi connectivity index (χ4v) is 1.49. The van der Waals surface area contributed by atoms with Gasteiger partial charge in [0.25, 0.3) is 0 Å². The van der Waals surface area contributed by atoms with Gasteiger partial charge in [-0.25, -0.2) is 0 Å². The third kappa shape index (κ3) is 3.92. The van der Waals surface area contributed by atoms with E-state index in [1.54, 1.807) is 7.11 Å². The smallest absolute Gasteiger partial charge is 0.162 e. The van der Waals surface area contributed by atoms with Crippen molar-refractivity contribution in [2.24, 2.45) is 0 Å². The largest absolute Gasteiger partial charge is 0.383 e. The summed E-state index contributed by atoms with van der Waals surface area (Å²) >= 11 is 0. The average Bonchev–Trinajstić information content (AvgIpc) is 2.09. The van der Waals surface area contributed by atoms with Gasteiger partial charge in [0, 0.05) is 13.2 Å². The molecule has 0 aromatic rings. The Bertz CT molecular complexity index is 163. The summed E-state index contributed by atoms with van der Waals surface area (Å²) in [4.78, 5) is 0. The fraction of sp³-hybridized carbons (Fsp3) is 1.00. The predicted molar refractivity (Wildman–Crippen MR) is 54.2 cm³/mol. The van der Waals surface area contributed by atoms with E-state index in [1.807, 2.05) is 13.8 Å². The summed E-state index contributed by atoms with van der Waals surface area (Å²) in [6.45, 7) is 8.05. The van der Waals surface area contributed by atoms with Gasteiger partial charge in [-0.1, -0.05) is 0 Å². The fourth-order valence-electron chi connectivity index (χ4n) is 1.49. The Labute approximate surface area is 85.9 Å². The monoisotopic (exact) mass is 203 g/mol. The molecule has 0 amide bonds. The second kappa shape index (κ2) is 5.07. The summed E-state index contributed by atoms with van der Waals surface area (Å²) in [6, 6.07) is 0.603. The SMILES string of the molecule is COCC(C)NC1COC(C)(C)OC1. The van der Waals surface area contributed by atoms with Crippen molar-refractivity contribution >= 4 is 0 Å². The van der Waals surface area contributed by atoms with Gasteiger partial charge in [-0.3, -0.25) is 0 Å². The minimum atomic E-state index is -0.428. The van der Waals surface area contributed by atoms with Gasteiger partial charge in [0.1, 0.15) is 0 Å². The molecule has 1 aliphatic heterocycles. The van der Waals surface area contributed by atoms with Crippen LogP contribution in [-0.4, -0.2) is 44.8 Å². The van der Waals surface area contributed by atoms with Crippen LogP contribution < -0.4 is 5.32 Å². The van der Waals surface area contributed by atoms with Crippen LogP contribution in [0.1, 0.15) is 20.8 Å². The summed E-state index contributed by atoms with van der Waals surface area (Å²) in [5.41, 5.74) is 0. The van der Waals surface area contributed by atoms with E-state index in [2.05, 4.69) is 12.2 Å². The van der Waals surface area contributed by atoms with Crippen LogP contribution in [0.3, 0.4) is 0 Å². The molecule has 1 saturated heterocycles. The topological polar surface area (TPSA) is 39.7 Å². The Morgan fingerprint density at radius 3 is 2.50 bits per heavy atom. The van der Waals surface area contributed by atoms with Crippen molar-refractivity contribution in [3.63, 3.8) is 0 Å². The van der Waals surface area contributed by atoms with Crippen LogP contribution in [0.25, 0.3) is 0 Å². The lowest BCUT2D eigenvalue weighted by Gasteiger charge is -2.36. The second-order valence-corrected chi connectivity index (χ2v) is 4.24. The third-order valence-corrected chi connectivity index (χ3v) is 2.20. The van der Waals surface area contributed by atoms with Crippen LogP contribution in [0.15, 0.2) is 0 Å². The van der Waals surface area contributed by atoms with Crippen molar-refractivity contribution in [2.75, 3.05) is 26.9 Å². The van der Waals surface area contributed by atoms with Crippen LogP contribution in [0.2, 0.25) is 0 Å². The number of rotatable bonds is 4. The Balaban J connectivity index is 2.22. The summed E-state index contributed by atoms with van der Waals surface area (Å²) in [7, 11) is 1.70. The number of nitrogens with one attached hydrogen (secondary N) is 1. The van der Waals surface area contributed by atoms with Crippen LogP contribution in [0.5, 0.6) is 0 Å². The van der Waals surface area contributed by atoms with Crippen molar-refractivity contribution < 1.29 is 14.2 Å². The number of methoxy groups -OCH3 is 1. The first-order chi connectivity index (χ1) is 6.53. The number of ether oxygens (including phenoxy) is 3. The highest BCUT2D eigenvalue weighted by Crippen LogP contribution is 2.16. The average molecular weight is 203 g/mol. The van der Waals surface area contributed by atoms with Crippen molar-refractivity contribution in [3.8, 4) is 0 Å². The lowest BCUT2D eigenvalue weighted by atomic mass is 10.2. The molecule has 0 bridgehead atoms. The van der Waals surface area contributed by atoms with Gasteiger partial charge in [0.2, 0.25) is 0 Å². The van der Waals surface area contributed by atoms with Crippen molar-refractivity contribution in [1.82, 2.24) is 5.32 Å². The van der Waals surface area contributed by atoms with Crippen LogP contribution in [0, 0.1) is 0 Å². The van der Waals surface area contributed by atoms with E-state index < -0.39 is 5.79 Å². The molecule has 0 aromatic heterocycles. The van der Waals surface area contributed by atoms with E-state index >= 15 is 0 Å².